The molecule has 2 heteroatoms. The molecule has 0 aromatic heterocycles. The van der Waals surface area contributed by atoms with E-state index in [1.54, 1.807) is 0 Å². The number of hydrogen-bond donors (Lipinski definition) is 1. The van der Waals surface area contributed by atoms with Gasteiger partial charge >= 0.3 is 0 Å². The van der Waals surface area contributed by atoms with Crippen molar-refractivity contribution in [1.29, 1.82) is 0 Å². The fourth-order valence-electron chi connectivity index (χ4n) is 3.74. The first-order chi connectivity index (χ1) is 8.66. The topological polar surface area (TPSA) is 15.3 Å². The van der Waals surface area contributed by atoms with E-state index < -0.39 is 0 Å². The van der Waals surface area contributed by atoms with Gasteiger partial charge in [-0.3, -0.25) is 0 Å². The summed E-state index contributed by atoms with van der Waals surface area (Å²) < 4.78 is 0. The Kier molecular flexibility index (Phi) is 5.50. The van der Waals surface area contributed by atoms with Crippen LogP contribution in [0.2, 0.25) is 0 Å². The summed E-state index contributed by atoms with van der Waals surface area (Å²) in [6, 6.07) is 1.59. The molecular weight excluding hydrogens is 220 g/mol. The van der Waals surface area contributed by atoms with Crippen LogP contribution in [0.1, 0.15) is 58.8 Å². The van der Waals surface area contributed by atoms with E-state index in [1.165, 1.54) is 58.0 Å². The third-order valence-corrected chi connectivity index (χ3v) is 5.27. The van der Waals surface area contributed by atoms with E-state index in [9.17, 15) is 0 Å². The lowest BCUT2D eigenvalue weighted by Gasteiger charge is -2.24. The molecular formula is C16H32N2. The van der Waals surface area contributed by atoms with E-state index in [0.29, 0.717) is 0 Å². The zero-order chi connectivity index (χ0) is 13.0. The van der Waals surface area contributed by atoms with E-state index >= 15 is 0 Å². The maximum Gasteiger partial charge on any atom is 0.0218 e. The summed E-state index contributed by atoms with van der Waals surface area (Å²) in [5, 5.41) is 3.85. The highest BCUT2D eigenvalue weighted by atomic mass is 15.2. The molecule has 1 saturated carbocycles. The second-order valence-corrected chi connectivity index (χ2v) is 6.89. The SMILES string of the molecule is CC(C)C1CCCC(NCC2CCCN2C)CC1. The molecule has 3 unspecified atom stereocenters. The van der Waals surface area contributed by atoms with Crippen molar-refractivity contribution >= 4 is 0 Å². The molecule has 18 heavy (non-hydrogen) atoms. The van der Waals surface area contributed by atoms with Gasteiger partial charge in [0.2, 0.25) is 0 Å². The van der Waals surface area contributed by atoms with Crippen LogP contribution >= 0.6 is 0 Å². The molecule has 2 aliphatic rings. The van der Waals surface area contributed by atoms with E-state index in [2.05, 4.69) is 31.1 Å². The van der Waals surface area contributed by atoms with E-state index in [4.69, 9.17) is 0 Å². The highest BCUT2D eigenvalue weighted by Gasteiger charge is 2.24. The number of nitrogens with one attached hydrogen (secondary N) is 1. The largest absolute Gasteiger partial charge is 0.312 e. The van der Waals surface area contributed by atoms with E-state index in [1.807, 2.05) is 0 Å². The van der Waals surface area contributed by atoms with Crippen molar-refractivity contribution in [2.24, 2.45) is 11.8 Å². The minimum Gasteiger partial charge on any atom is -0.312 e. The molecule has 1 heterocycles. The van der Waals surface area contributed by atoms with Crippen LogP contribution in [0.25, 0.3) is 0 Å². The zero-order valence-corrected chi connectivity index (χ0v) is 12.6. The van der Waals surface area contributed by atoms with Gasteiger partial charge in [-0.25, -0.2) is 0 Å². The molecule has 1 N–H and O–H groups in total. The highest BCUT2D eigenvalue weighted by molar-refractivity contribution is 4.82. The van der Waals surface area contributed by atoms with Crippen molar-refractivity contribution in [3.63, 3.8) is 0 Å². The van der Waals surface area contributed by atoms with Gasteiger partial charge in [0, 0.05) is 18.6 Å². The molecule has 2 fully saturated rings. The Hall–Kier alpha value is -0.0800. The lowest BCUT2D eigenvalue weighted by molar-refractivity contribution is 0.284. The Morgan fingerprint density at radius 2 is 1.89 bits per heavy atom. The van der Waals surface area contributed by atoms with Crippen LogP contribution in [-0.4, -0.2) is 37.1 Å². The van der Waals surface area contributed by atoms with Gasteiger partial charge in [-0.2, -0.15) is 0 Å². The molecule has 0 amide bonds. The maximum atomic E-state index is 3.85. The fraction of sp³-hybridized carbons (Fsp3) is 1.00. The first-order valence-electron chi connectivity index (χ1n) is 8.10. The minimum atomic E-state index is 0.794. The maximum absolute atomic E-state index is 3.85. The number of hydrogen-bond acceptors (Lipinski definition) is 2. The summed E-state index contributed by atoms with van der Waals surface area (Å²) in [6.45, 7) is 7.30. The zero-order valence-electron chi connectivity index (χ0n) is 12.6. The predicted molar refractivity (Wildman–Crippen MR) is 78.9 cm³/mol. The second kappa shape index (κ2) is 6.91. The molecule has 0 aromatic rings. The van der Waals surface area contributed by atoms with Gasteiger partial charge in [0.15, 0.2) is 0 Å². The first kappa shape index (κ1) is 14.3. The third-order valence-electron chi connectivity index (χ3n) is 5.27. The Morgan fingerprint density at radius 3 is 2.56 bits per heavy atom. The highest BCUT2D eigenvalue weighted by Crippen LogP contribution is 2.28. The monoisotopic (exact) mass is 252 g/mol. The summed E-state index contributed by atoms with van der Waals surface area (Å²) >= 11 is 0. The number of likely N-dealkylation sites (N-methyl/N-ethyl adjacent to an activating group) is 1. The number of rotatable bonds is 4. The summed E-state index contributed by atoms with van der Waals surface area (Å²) in [6.07, 6.45) is 9.92. The van der Waals surface area contributed by atoms with Crippen LogP contribution in [0, 0.1) is 11.8 Å². The van der Waals surface area contributed by atoms with E-state index in [-0.39, 0.29) is 0 Å². The Bertz CT molecular complexity index is 239. The van der Waals surface area contributed by atoms with E-state index in [0.717, 1.165) is 23.9 Å². The molecule has 0 bridgehead atoms. The van der Waals surface area contributed by atoms with Gasteiger partial charge in [-0.15, -0.1) is 0 Å². The predicted octanol–water partition coefficient (Wildman–Crippen LogP) is 3.28. The van der Waals surface area contributed by atoms with Crippen LogP contribution in [0.4, 0.5) is 0 Å². The van der Waals surface area contributed by atoms with Crippen LogP contribution in [0.3, 0.4) is 0 Å². The average molecular weight is 252 g/mol. The summed E-state index contributed by atoms with van der Waals surface area (Å²) in [4.78, 5) is 2.53. The molecule has 2 rings (SSSR count). The smallest absolute Gasteiger partial charge is 0.0218 e. The van der Waals surface area contributed by atoms with Crippen molar-refractivity contribution in [2.45, 2.75) is 70.9 Å². The molecule has 1 aliphatic carbocycles. The first-order valence-corrected chi connectivity index (χ1v) is 8.10. The number of nitrogens with zero attached hydrogens (tertiary/aromatic N) is 1. The molecule has 2 nitrogen and oxygen atoms in total. The van der Waals surface area contributed by atoms with Gasteiger partial charge in [-0.1, -0.05) is 26.7 Å². The normalized spacial score (nSPS) is 35.0. The Balaban J connectivity index is 1.70. The Labute approximate surface area is 114 Å². The molecule has 0 aromatic carbocycles. The van der Waals surface area contributed by atoms with Gasteiger partial charge in [-0.05, 0) is 57.5 Å². The van der Waals surface area contributed by atoms with Crippen molar-refractivity contribution in [1.82, 2.24) is 10.2 Å². The average Bonchev–Trinajstić information content (AvgIpc) is 2.62. The van der Waals surface area contributed by atoms with Crippen LogP contribution in [0.15, 0.2) is 0 Å². The second-order valence-electron chi connectivity index (χ2n) is 6.89. The van der Waals surface area contributed by atoms with Crippen molar-refractivity contribution in [3.05, 3.63) is 0 Å². The molecule has 1 saturated heterocycles. The van der Waals surface area contributed by atoms with Crippen molar-refractivity contribution in [3.8, 4) is 0 Å². The van der Waals surface area contributed by atoms with Crippen LogP contribution in [-0.2, 0) is 0 Å². The number of likely N-dealkylation sites (tertiary alicyclic amines) is 1. The quantitative estimate of drug-likeness (QED) is 0.773. The lowest BCUT2D eigenvalue weighted by atomic mass is 9.89. The van der Waals surface area contributed by atoms with Gasteiger partial charge in [0.25, 0.3) is 0 Å². The Morgan fingerprint density at radius 1 is 1.06 bits per heavy atom. The summed E-state index contributed by atoms with van der Waals surface area (Å²) in [5.74, 6) is 1.86. The summed E-state index contributed by atoms with van der Waals surface area (Å²) in [7, 11) is 2.28. The van der Waals surface area contributed by atoms with Gasteiger partial charge < -0.3 is 10.2 Å². The standard InChI is InChI=1S/C16H32N2/c1-13(2)14-6-4-7-15(10-9-14)17-12-16-8-5-11-18(16)3/h13-17H,4-12H2,1-3H3. The fourth-order valence-corrected chi connectivity index (χ4v) is 3.74. The molecule has 106 valence electrons. The van der Waals surface area contributed by atoms with Crippen molar-refractivity contribution in [2.75, 3.05) is 20.1 Å². The molecule has 0 spiro atoms. The van der Waals surface area contributed by atoms with Crippen molar-refractivity contribution < 1.29 is 0 Å². The summed E-state index contributed by atoms with van der Waals surface area (Å²) in [5.41, 5.74) is 0. The third kappa shape index (κ3) is 3.96. The van der Waals surface area contributed by atoms with Gasteiger partial charge in [0.1, 0.15) is 0 Å². The molecule has 1 aliphatic heterocycles. The minimum absolute atomic E-state index is 0.794. The van der Waals surface area contributed by atoms with Crippen LogP contribution in [0.5, 0.6) is 0 Å². The molecule has 0 radical (unpaired) electrons. The lowest BCUT2D eigenvalue weighted by Crippen LogP contribution is -2.40. The van der Waals surface area contributed by atoms with Gasteiger partial charge in [0.05, 0.1) is 0 Å². The molecule has 3 atom stereocenters. The van der Waals surface area contributed by atoms with Crippen LogP contribution < -0.4 is 5.32 Å².